The first-order valence-electron chi connectivity index (χ1n) is 2.77. The van der Waals surface area contributed by atoms with Crippen molar-refractivity contribution < 1.29 is 18.1 Å². The van der Waals surface area contributed by atoms with E-state index in [2.05, 4.69) is 0 Å². The molecule has 2 N–H and O–H groups in total. The third-order valence-corrected chi connectivity index (χ3v) is 1.97. The first-order chi connectivity index (χ1) is 5.00. The zero-order valence-corrected chi connectivity index (χ0v) is 6.25. The molecule has 1 aromatic rings. The van der Waals surface area contributed by atoms with Crippen molar-refractivity contribution in [2.75, 3.05) is 0 Å². The van der Waals surface area contributed by atoms with E-state index in [0.717, 1.165) is 6.07 Å². The molecule has 0 saturated carbocycles. The molecule has 0 unspecified atom stereocenters. The molecular weight excluding hydrogens is 208 g/mol. The summed E-state index contributed by atoms with van der Waals surface area (Å²) in [6.45, 7) is 0. The zero-order chi connectivity index (χ0) is 8.48. The van der Waals surface area contributed by atoms with E-state index in [4.69, 9.17) is 9.66 Å². The fourth-order valence-electron chi connectivity index (χ4n) is 0.644. The first-order valence-corrected chi connectivity index (χ1v) is 4.21. The van der Waals surface area contributed by atoms with Crippen molar-refractivity contribution in [2.24, 2.45) is 0 Å². The second-order valence-corrected chi connectivity index (χ2v) is 3.39. The van der Waals surface area contributed by atoms with Gasteiger partial charge in [0.15, 0.2) is 0 Å². The van der Waals surface area contributed by atoms with E-state index in [1.165, 1.54) is 18.2 Å². The Kier molecular flexibility index (Phi) is 4.50. The molecule has 0 saturated heterocycles. The number of phenols is 1. The minimum atomic E-state index is -4.19. The number of hydrogen-bond acceptors (Lipinski definition) is 3. The molecule has 0 amide bonds. The third kappa shape index (κ3) is 3.28. The monoisotopic (exact) mass is 216 g/mol. The molecule has 6 heteroatoms. The maximum absolute atomic E-state index is 10.4. The Morgan fingerprint density at radius 1 is 1.25 bits per heavy atom. The van der Waals surface area contributed by atoms with Crippen molar-refractivity contribution in [3.63, 3.8) is 0 Å². The van der Waals surface area contributed by atoms with Crippen molar-refractivity contribution in [1.29, 1.82) is 0 Å². The number of rotatable bonds is 1. The zero-order valence-electron chi connectivity index (χ0n) is 5.43. The van der Waals surface area contributed by atoms with Crippen LogP contribution in [0, 0.1) is 0 Å². The van der Waals surface area contributed by atoms with Crippen LogP contribution >= 0.6 is 0 Å². The van der Waals surface area contributed by atoms with Crippen LogP contribution in [0.15, 0.2) is 29.2 Å². The summed E-state index contributed by atoms with van der Waals surface area (Å²) in [6.07, 6.45) is 0. The number of aromatic hydroxyl groups is 1. The van der Waals surface area contributed by atoms with Crippen LogP contribution in [-0.4, -0.2) is 55.8 Å². The summed E-state index contributed by atoms with van der Waals surface area (Å²) in [6, 6.07) is 4.80. The molecule has 0 heterocycles. The van der Waals surface area contributed by atoms with Gasteiger partial charge in [0.1, 0.15) is 5.75 Å². The Labute approximate surface area is 100.0 Å². The predicted octanol–water partition coefficient (Wildman–Crippen LogP) is -0.277. The minimum absolute atomic E-state index is 0. The molecule has 1 aromatic carbocycles. The van der Waals surface area contributed by atoms with Crippen LogP contribution in [0.2, 0.25) is 0 Å². The Hall–Kier alpha value is 0.190. The molecule has 0 atom stereocenters. The summed E-state index contributed by atoms with van der Waals surface area (Å²) in [5.41, 5.74) is 0. The standard InChI is InChI=1S/C6H6O4S.Ca.2H/c7-5-2-1-3-6(4-5)11(8,9)10;;;/h1-4,7H,(H,8,9,10);;;. The van der Waals surface area contributed by atoms with Gasteiger partial charge in [0.05, 0.1) is 4.90 Å². The van der Waals surface area contributed by atoms with Crippen LogP contribution in [0.1, 0.15) is 0 Å². The molecule has 64 valence electrons. The van der Waals surface area contributed by atoms with E-state index in [-0.39, 0.29) is 48.4 Å². The molecular formula is C6H8CaO4S. The molecule has 0 aliphatic rings. The second-order valence-electron chi connectivity index (χ2n) is 1.97. The van der Waals surface area contributed by atoms with Gasteiger partial charge in [-0.25, -0.2) is 0 Å². The van der Waals surface area contributed by atoms with E-state index in [1.807, 2.05) is 0 Å². The van der Waals surface area contributed by atoms with E-state index < -0.39 is 10.1 Å². The molecule has 0 spiro atoms. The van der Waals surface area contributed by atoms with Gasteiger partial charge in [-0.15, -0.1) is 0 Å². The summed E-state index contributed by atoms with van der Waals surface area (Å²) >= 11 is 0. The van der Waals surface area contributed by atoms with Crippen molar-refractivity contribution >= 4 is 47.9 Å². The van der Waals surface area contributed by atoms with Gasteiger partial charge in [-0.05, 0) is 12.1 Å². The average Bonchev–Trinajstić information content (AvgIpc) is 1.86. The molecule has 4 nitrogen and oxygen atoms in total. The summed E-state index contributed by atoms with van der Waals surface area (Å²) in [4.78, 5) is -0.308. The number of phenolic OH excluding ortho intramolecular Hbond substituents is 1. The number of benzene rings is 1. The van der Waals surface area contributed by atoms with Crippen LogP contribution in [0.4, 0.5) is 0 Å². The van der Waals surface area contributed by atoms with E-state index in [1.54, 1.807) is 0 Å². The van der Waals surface area contributed by atoms with Crippen molar-refractivity contribution in [1.82, 2.24) is 0 Å². The van der Waals surface area contributed by atoms with Gasteiger partial charge in [0.25, 0.3) is 10.1 Å². The van der Waals surface area contributed by atoms with Gasteiger partial charge in [0, 0.05) is 6.07 Å². The van der Waals surface area contributed by atoms with Gasteiger partial charge < -0.3 is 5.11 Å². The maximum atomic E-state index is 10.4. The summed E-state index contributed by atoms with van der Waals surface area (Å²) in [5.74, 6) is -0.194. The van der Waals surface area contributed by atoms with Crippen molar-refractivity contribution in [3.05, 3.63) is 24.3 Å². The van der Waals surface area contributed by atoms with Crippen molar-refractivity contribution in [2.45, 2.75) is 4.90 Å². The van der Waals surface area contributed by atoms with Crippen LogP contribution in [-0.2, 0) is 10.1 Å². The van der Waals surface area contributed by atoms with E-state index in [9.17, 15) is 8.42 Å². The third-order valence-electron chi connectivity index (χ3n) is 1.12. The molecule has 0 aromatic heterocycles. The van der Waals surface area contributed by atoms with Gasteiger partial charge in [-0.2, -0.15) is 8.42 Å². The van der Waals surface area contributed by atoms with Crippen molar-refractivity contribution in [3.8, 4) is 5.75 Å². The molecule has 0 fully saturated rings. The van der Waals surface area contributed by atoms with Crippen LogP contribution in [0.5, 0.6) is 5.75 Å². The van der Waals surface area contributed by atoms with E-state index in [0.29, 0.717) is 0 Å². The van der Waals surface area contributed by atoms with Gasteiger partial charge in [-0.3, -0.25) is 4.55 Å². The molecule has 0 bridgehead atoms. The molecule has 0 radical (unpaired) electrons. The normalized spacial score (nSPS) is 10.4. The van der Waals surface area contributed by atoms with Crippen LogP contribution in [0.3, 0.4) is 0 Å². The molecule has 0 aliphatic heterocycles. The van der Waals surface area contributed by atoms with Gasteiger partial charge in [-0.1, -0.05) is 6.07 Å². The van der Waals surface area contributed by atoms with Crippen LogP contribution < -0.4 is 0 Å². The second kappa shape index (κ2) is 4.43. The average molecular weight is 216 g/mol. The Balaban J connectivity index is 0.00000121. The van der Waals surface area contributed by atoms with E-state index >= 15 is 0 Å². The number of hydrogen-bond donors (Lipinski definition) is 2. The quantitative estimate of drug-likeness (QED) is 0.500. The van der Waals surface area contributed by atoms with Crippen LogP contribution in [0.25, 0.3) is 0 Å². The topological polar surface area (TPSA) is 74.6 Å². The Morgan fingerprint density at radius 2 is 1.83 bits per heavy atom. The fourth-order valence-corrected chi connectivity index (χ4v) is 1.16. The summed E-state index contributed by atoms with van der Waals surface area (Å²) < 4.78 is 29.3. The Bertz CT molecular complexity index is 360. The Morgan fingerprint density at radius 3 is 2.17 bits per heavy atom. The SMILES string of the molecule is O=S(=O)(O)c1cccc(O)c1.[CaH2]. The molecule has 0 aliphatic carbocycles. The predicted molar refractivity (Wildman–Crippen MR) is 46.5 cm³/mol. The first kappa shape index (κ1) is 12.2. The molecule has 12 heavy (non-hydrogen) atoms. The fraction of sp³-hybridized carbons (Fsp3) is 0. The van der Waals surface area contributed by atoms with Gasteiger partial charge >= 0.3 is 37.7 Å². The van der Waals surface area contributed by atoms with Gasteiger partial charge in [0.2, 0.25) is 0 Å². The summed E-state index contributed by atoms with van der Waals surface area (Å²) in [7, 11) is -4.19. The molecule has 1 rings (SSSR count). The summed E-state index contributed by atoms with van der Waals surface area (Å²) in [5, 5.41) is 8.80.